The topological polar surface area (TPSA) is 0 Å². The molecule has 15 heavy (non-hydrogen) atoms. The summed E-state index contributed by atoms with van der Waals surface area (Å²) in [6, 6.07) is 6.91. The van der Waals surface area contributed by atoms with Crippen LogP contribution in [0.15, 0.2) is 24.8 Å². The normalized spacial score (nSPS) is 19.7. The highest BCUT2D eigenvalue weighted by atomic mass is 14.2. The molecule has 1 unspecified atom stereocenters. The summed E-state index contributed by atoms with van der Waals surface area (Å²) in [5.41, 5.74) is 5.72. The molecule has 1 atom stereocenters. The van der Waals surface area contributed by atoms with Crippen LogP contribution in [0.5, 0.6) is 0 Å². The minimum absolute atomic E-state index is 0.735. The second kappa shape index (κ2) is 4.26. The molecule has 0 saturated carbocycles. The van der Waals surface area contributed by atoms with E-state index in [2.05, 4.69) is 39.5 Å². The Hall–Kier alpha value is -0.975. The second-order valence-corrected chi connectivity index (χ2v) is 4.66. The Kier molecular flexibility index (Phi) is 2.99. The molecule has 0 heterocycles. The monoisotopic (exact) mass is 198 g/mol. The average Bonchev–Trinajstić information content (AvgIpc) is 2.28. The molecule has 1 heteroatoms. The zero-order valence-corrected chi connectivity index (χ0v) is 9.84. The lowest BCUT2D eigenvalue weighted by Crippen LogP contribution is -2.07. The third-order valence-corrected chi connectivity index (χ3v) is 3.60. The lowest BCUT2D eigenvalue weighted by atomic mass is 9.81. The zero-order chi connectivity index (χ0) is 10.8. The first-order valence-corrected chi connectivity index (χ1v) is 6.03. The molecule has 0 fully saturated rings. The third kappa shape index (κ3) is 2.02. The Bertz CT molecular complexity index is 379. The summed E-state index contributed by atoms with van der Waals surface area (Å²) in [7, 11) is 2.17. The van der Waals surface area contributed by atoms with Gasteiger partial charge in [-0.15, -0.1) is 0 Å². The Labute approximate surface area is 93.8 Å². The maximum absolute atomic E-state index is 4.12. The van der Waals surface area contributed by atoms with E-state index in [1.165, 1.54) is 30.4 Å². The van der Waals surface area contributed by atoms with Crippen LogP contribution in [0, 0.1) is 0 Å². The van der Waals surface area contributed by atoms with Crippen molar-refractivity contribution in [3.05, 3.63) is 41.5 Å². The van der Waals surface area contributed by atoms with Crippen LogP contribution < -0.4 is 0 Å². The van der Waals surface area contributed by atoms with E-state index in [-0.39, 0.29) is 0 Å². The fraction of sp³-hybridized carbons (Fsp3) is 0.429. The van der Waals surface area contributed by atoms with Crippen LogP contribution in [-0.2, 0) is 6.42 Å². The molecule has 0 radical (unpaired) electrons. The van der Waals surface area contributed by atoms with Gasteiger partial charge in [-0.25, -0.2) is 0 Å². The maximum Gasteiger partial charge on any atom is 0.107 e. The van der Waals surface area contributed by atoms with Gasteiger partial charge in [0.1, 0.15) is 7.85 Å². The number of rotatable bonds is 2. The van der Waals surface area contributed by atoms with Crippen molar-refractivity contribution in [2.75, 3.05) is 0 Å². The van der Waals surface area contributed by atoms with Crippen molar-refractivity contribution < 1.29 is 0 Å². The standard InChI is InChI=1S/C14H19B/c1-10-4-3-5-12-6-7-13(8-14(10)12)11(2)9-15/h6-8,10H,2-5,9,15H2,1H3. The van der Waals surface area contributed by atoms with Gasteiger partial charge in [0, 0.05) is 0 Å². The molecule has 2 rings (SSSR count). The number of allylic oxidation sites excluding steroid dienone is 1. The lowest BCUT2D eigenvalue weighted by Gasteiger charge is -2.23. The van der Waals surface area contributed by atoms with Crippen LogP contribution in [0.25, 0.3) is 5.57 Å². The Balaban J connectivity index is 2.39. The summed E-state index contributed by atoms with van der Waals surface area (Å²) in [4.78, 5) is 0. The fourth-order valence-electron chi connectivity index (χ4n) is 2.46. The van der Waals surface area contributed by atoms with E-state index in [4.69, 9.17) is 0 Å². The molecule has 1 aromatic carbocycles. The summed E-state index contributed by atoms with van der Waals surface area (Å²) in [5.74, 6) is 0.735. The van der Waals surface area contributed by atoms with E-state index in [1.807, 2.05) is 0 Å². The molecule has 0 amide bonds. The predicted octanol–water partition coefficient (Wildman–Crippen LogP) is 3.19. The third-order valence-electron chi connectivity index (χ3n) is 3.60. The van der Waals surface area contributed by atoms with Gasteiger partial charge >= 0.3 is 0 Å². The van der Waals surface area contributed by atoms with Crippen LogP contribution >= 0.6 is 0 Å². The molecule has 0 aromatic heterocycles. The molecule has 0 N–H and O–H groups in total. The number of hydrogen-bond donors (Lipinski definition) is 0. The van der Waals surface area contributed by atoms with Crippen molar-refractivity contribution >= 4 is 13.4 Å². The average molecular weight is 198 g/mol. The number of hydrogen-bond acceptors (Lipinski definition) is 0. The molecule has 1 aromatic rings. The smallest absolute Gasteiger partial charge is 0.0960 e. The van der Waals surface area contributed by atoms with Gasteiger partial charge in [0.25, 0.3) is 0 Å². The molecule has 1 aliphatic carbocycles. The molecule has 78 valence electrons. The summed E-state index contributed by atoms with van der Waals surface area (Å²) in [6.45, 7) is 6.46. The number of fused-ring (bicyclic) bond motifs is 1. The molecule has 0 saturated heterocycles. The SMILES string of the molecule is BCC(=C)c1ccc2c(c1)C(C)CCC2. The van der Waals surface area contributed by atoms with Crippen molar-refractivity contribution in [2.45, 2.75) is 38.4 Å². The Morgan fingerprint density at radius 2 is 2.33 bits per heavy atom. The van der Waals surface area contributed by atoms with Gasteiger partial charge in [0.15, 0.2) is 0 Å². The first-order chi connectivity index (χ1) is 7.22. The Morgan fingerprint density at radius 1 is 1.53 bits per heavy atom. The molecule has 1 aliphatic rings. The molecular weight excluding hydrogens is 179 g/mol. The molecular formula is C14H19B. The van der Waals surface area contributed by atoms with Crippen LogP contribution in [0.4, 0.5) is 0 Å². The lowest BCUT2D eigenvalue weighted by molar-refractivity contribution is 0.590. The summed E-state index contributed by atoms with van der Waals surface area (Å²) < 4.78 is 0. The van der Waals surface area contributed by atoms with Gasteiger partial charge in [0.05, 0.1) is 0 Å². The van der Waals surface area contributed by atoms with Crippen molar-refractivity contribution in [2.24, 2.45) is 0 Å². The molecule has 0 spiro atoms. The van der Waals surface area contributed by atoms with Crippen molar-refractivity contribution in [1.29, 1.82) is 0 Å². The van der Waals surface area contributed by atoms with Crippen LogP contribution in [0.3, 0.4) is 0 Å². The summed E-state index contributed by atoms with van der Waals surface area (Å²) in [6.07, 6.45) is 5.00. The largest absolute Gasteiger partial charge is 0.107 e. The van der Waals surface area contributed by atoms with E-state index < -0.39 is 0 Å². The van der Waals surface area contributed by atoms with Crippen molar-refractivity contribution in [3.63, 3.8) is 0 Å². The van der Waals surface area contributed by atoms with Crippen molar-refractivity contribution in [1.82, 2.24) is 0 Å². The predicted molar refractivity (Wildman–Crippen MR) is 70.2 cm³/mol. The second-order valence-electron chi connectivity index (χ2n) is 4.66. The van der Waals surface area contributed by atoms with Gasteiger partial charge in [-0.3, -0.25) is 0 Å². The van der Waals surface area contributed by atoms with Crippen LogP contribution in [-0.4, -0.2) is 7.85 Å². The van der Waals surface area contributed by atoms with Gasteiger partial charge < -0.3 is 0 Å². The first-order valence-electron chi connectivity index (χ1n) is 6.03. The van der Waals surface area contributed by atoms with E-state index in [9.17, 15) is 0 Å². The first kappa shape index (κ1) is 10.5. The molecule has 0 aliphatic heterocycles. The maximum atomic E-state index is 4.12. The van der Waals surface area contributed by atoms with Gasteiger partial charge in [-0.05, 0) is 41.9 Å². The minimum atomic E-state index is 0.735. The van der Waals surface area contributed by atoms with Gasteiger partial charge in [-0.2, -0.15) is 0 Å². The van der Waals surface area contributed by atoms with E-state index in [1.54, 1.807) is 11.1 Å². The highest BCUT2D eigenvalue weighted by molar-refractivity contribution is 6.14. The van der Waals surface area contributed by atoms with Gasteiger partial charge in [-0.1, -0.05) is 43.6 Å². The van der Waals surface area contributed by atoms with E-state index >= 15 is 0 Å². The van der Waals surface area contributed by atoms with Crippen LogP contribution in [0.2, 0.25) is 6.32 Å². The highest BCUT2D eigenvalue weighted by Gasteiger charge is 2.16. The van der Waals surface area contributed by atoms with E-state index in [0.717, 1.165) is 12.2 Å². The fourth-order valence-corrected chi connectivity index (χ4v) is 2.46. The number of benzene rings is 1. The van der Waals surface area contributed by atoms with Crippen molar-refractivity contribution in [3.8, 4) is 0 Å². The highest BCUT2D eigenvalue weighted by Crippen LogP contribution is 2.33. The minimum Gasteiger partial charge on any atom is -0.0960 e. The number of aryl methyl sites for hydroxylation is 1. The summed E-state index contributed by atoms with van der Waals surface area (Å²) >= 11 is 0. The Morgan fingerprint density at radius 3 is 3.07 bits per heavy atom. The molecule has 0 nitrogen and oxygen atoms in total. The van der Waals surface area contributed by atoms with Crippen LogP contribution in [0.1, 0.15) is 42.4 Å². The quantitative estimate of drug-likeness (QED) is 0.640. The van der Waals surface area contributed by atoms with E-state index in [0.29, 0.717) is 0 Å². The van der Waals surface area contributed by atoms with Gasteiger partial charge in [0.2, 0.25) is 0 Å². The zero-order valence-electron chi connectivity index (χ0n) is 9.84. The summed E-state index contributed by atoms with van der Waals surface area (Å²) in [5, 5.41) is 0. The molecule has 0 bridgehead atoms.